The van der Waals surface area contributed by atoms with Gasteiger partial charge < -0.3 is 10.6 Å². The summed E-state index contributed by atoms with van der Waals surface area (Å²) < 4.78 is 1.03. The molecule has 1 aliphatic rings. The summed E-state index contributed by atoms with van der Waals surface area (Å²) in [6.45, 7) is 4.26. The molecule has 0 spiro atoms. The van der Waals surface area contributed by atoms with Gasteiger partial charge in [0.2, 0.25) is 0 Å². The minimum absolute atomic E-state index is 0.520. The van der Waals surface area contributed by atoms with Gasteiger partial charge in [-0.15, -0.1) is 0 Å². The lowest BCUT2D eigenvalue weighted by Gasteiger charge is -2.24. The summed E-state index contributed by atoms with van der Waals surface area (Å²) >= 11 is 3.42. The fraction of sp³-hybridized carbons (Fsp3) is 0.545. The number of aryl methyl sites for hydroxylation is 1. The zero-order valence-electron chi connectivity index (χ0n) is 8.89. The lowest BCUT2D eigenvalue weighted by Crippen LogP contribution is -2.38. The lowest BCUT2D eigenvalue weighted by molar-refractivity contribution is 0.479. The molecule has 3 nitrogen and oxygen atoms in total. The van der Waals surface area contributed by atoms with Crippen LogP contribution in [0, 0.1) is 6.92 Å². The Labute approximate surface area is 98.8 Å². The van der Waals surface area contributed by atoms with E-state index in [0.717, 1.165) is 23.4 Å². The predicted molar refractivity (Wildman–Crippen MR) is 66.2 cm³/mol. The number of halogens is 1. The predicted octanol–water partition coefficient (Wildman–Crippen LogP) is 2.32. The molecule has 1 saturated heterocycles. The molecule has 15 heavy (non-hydrogen) atoms. The quantitative estimate of drug-likeness (QED) is 0.866. The maximum absolute atomic E-state index is 4.39. The average molecular weight is 270 g/mol. The molecule has 1 fully saturated rings. The summed E-state index contributed by atoms with van der Waals surface area (Å²) in [5.41, 5.74) is 1.19. The molecule has 1 unspecified atom stereocenters. The van der Waals surface area contributed by atoms with Crippen LogP contribution >= 0.6 is 15.9 Å². The van der Waals surface area contributed by atoms with Gasteiger partial charge >= 0.3 is 0 Å². The highest BCUT2D eigenvalue weighted by Crippen LogP contribution is 2.18. The first-order chi connectivity index (χ1) is 7.25. The number of pyridine rings is 1. The molecule has 1 aliphatic heterocycles. The summed E-state index contributed by atoms with van der Waals surface area (Å²) in [6.07, 6.45) is 4.31. The SMILES string of the molecule is Cc1cc(Br)cnc1NC1CCCNC1. The number of rotatable bonds is 2. The van der Waals surface area contributed by atoms with Crippen molar-refractivity contribution in [2.24, 2.45) is 0 Å². The summed E-state index contributed by atoms with van der Waals surface area (Å²) in [4.78, 5) is 4.39. The van der Waals surface area contributed by atoms with Gasteiger partial charge in [0.15, 0.2) is 0 Å². The molecule has 1 aromatic heterocycles. The first-order valence-electron chi connectivity index (χ1n) is 5.35. The lowest BCUT2D eigenvalue weighted by atomic mass is 10.1. The Kier molecular flexibility index (Phi) is 3.59. The third-order valence-electron chi connectivity index (χ3n) is 2.68. The molecule has 0 bridgehead atoms. The Hall–Kier alpha value is -0.610. The van der Waals surface area contributed by atoms with Crippen molar-refractivity contribution in [3.8, 4) is 0 Å². The molecule has 2 heterocycles. The van der Waals surface area contributed by atoms with Crippen molar-refractivity contribution >= 4 is 21.7 Å². The highest BCUT2D eigenvalue weighted by molar-refractivity contribution is 9.10. The Morgan fingerprint density at radius 2 is 2.47 bits per heavy atom. The zero-order valence-corrected chi connectivity index (χ0v) is 10.5. The van der Waals surface area contributed by atoms with Gasteiger partial charge in [-0.1, -0.05) is 0 Å². The fourth-order valence-electron chi connectivity index (χ4n) is 1.86. The van der Waals surface area contributed by atoms with Gasteiger partial charge in [0.25, 0.3) is 0 Å². The molecule has 1 atom stereocenters. The van der Waals surface area contributed by atoms with Crippen LogP contribution in [0.5, 0.6) is 0 Å². The Morgan fingerprint density at radius 1 is 1.60 bits per heavy atom. The number of hydrogen-bond donors (Lipinski definition) is 2. The average Bonchev–Trinajstić information content (AvgIpc) is 2.24. The number of nitrogens with one attached hydrogen (secondary N) is 2. The second kappa shape index (κ2) is 4.94. The monoisotopic (exact) mass is 269 g/mol. The van der Waals surface area contributed by atoms with Crippen molar-refractivity contribution in [1.29, 1.82) is 0 Å². The second-order valence-corrected chi connectivity index (χ2v) is 4.92. The standard InChI is InChI=1S/C11H16BrN3/c1-8-5-9(12)6-14-11(8)15-10-3-2-4-13-7-10/h5-6,10,13H,2-4,7H2,1H3,(H,14,15). The van der Waals surface area contributed by atoms with Crippen LogP contribution in [0.25, 0.3) is 0 Å². The molecule has 82 valence electrons. The summed E-state index contributed by atoms with van der Waals surface area (Å²) in [5.74, 6) is 1.01. The van der Waals surface area contributed by atoms with Gasteiger partial charge in [0.05, 0.1) is 0 Å². The van der Waals surface area contributed by atoms with Gasteiger partial charge in [-0.25, -0.2) is 4.98 Å². The van der Waals surface area contributed by atoms with Gasteiger partial charge in [0, 0.05) is 23.3 Å². The molecular weight excluding hydrogens is 254 g/mol. The Balaban J connectivity index is 2.03. The Bertz CT molecular complexity index is 335. The molecule has 2 rings (SSSR count). The van der Waals surface area contributed by atoms with Gasteiger partial charge in [-0.3, -0.25) is 0 Å². The number of aromatic nitrogens is 1. The molecule has 2 N–H and O–H groups in total. The van der Waals surface area contributed by atoms with Gasteiger partial charge in [-0.05, 0) is 53.9 Å². The largest absolute Gasteiger partial charge is 0.366 e. The molecule has 4 heteroatoms. The summed E-state index contributed by atoms with van der Waals surface area (Å²) in [5, 5.41) is 6.87. The van der Waals surface area contributed by atoms with E-state index >= 15 is 0 Å². The zero-order chi connectivity index (χ0) is 10.7. The van der Waals surface area contributed by atoms with E-state index in [9.17, 15) is 0 Å². The number of hydrogen-bond acceptors (Lipinski definition) is 3. The van der Waals surface area contributed by atoms with Crippen molar-refractivity contribution in [2.45, 2.75) is 25.8 Å². The number of anilines is 1. The normalized spacial score (nSPS) is 21.3. The van der Waals surface area contributed by atoms with Crippen molar-refractivity contribution in [3.05, 3.63) is 22.3 Å². The van der Waals surface area contributed by atoms with Crippen LogP contribution in [-0.2, 0) is 0 Å². The second-order valence-electron chi connectivity index (χ2n) is 4.01. The van der Waals surface area contributed by atoms with Crippen LogP contribution in [0.2, 0.25) is 0 Å². The molecule has 0 aromatic carbocycles. The van der Waals surface area contributed by atoms with Crippen LogP contribution in [0.3, 0.4) is 0 Å². The number of piperidine rings is 1. The minimum Gasteiger partial charge on any atom is -0.366 e. The van der Waals surface area contributed by atoms with Gasteiger partial charge in [-0.2, -0.15) is 0 Å². The van der Waals surface area contributed by atoms with E-state index in [4.69, 9.17) is 0 Å². The third-order valence-corrected chi connectivity index (χ3v) is 3.12. The van der Waals surface area contributed by atoms with E-state index in [1.807, 2.05) is 6.20 Å². The molecule has 0 amide bonds. The molecule has 0 saturated carbocycles. The van der Waals surface area contributed by atoms with Crippen LogP contribution in [0.15, 0.2) is 16.7 Å². The van der Waals surface area contributed by atoms with Crippen LogP contribution < -0.4 is 10.6 Å². The van der Waals surface area contributed by atoms with E-state index in [0.29, 0.717) is 6.04 Å². The van der Waals surface area contributed by atoms with E-state index in [1.165, 1.54) is 18.4 Å². The highest BCUT2D eigenvalue weighted by atomic mass is 79.9. The van der Waals surface area contributed by atoms with Crippen LogP contribution in [0.1, 0.15) is 18.4 Å². The summed E-state index contributed by atoms with van der Waals surface area (Å²) in [6, 6.07) is 2.61. The Morgan fingerprint density at radius 3 is 3.13 bits per heavy atom. The highest BCUT2D eigenvalue weighted by Gasteiger charge is 2.13. The van der Waals surface area contributed by atoms with E-state index in [2.05, 4.69) is 44.5 Å². The van der Waals surface area contributed by atoms with E-state index in [-0.39, 0.29) is 0 Å². The molecular formula is C11H16BrN3. The van der Waals surface area contributed by atoms with Gasteiger partial charge in [0.1, 0.15) is 5.82 Å². The topological polar surface area (TPSA) is 37.0 Å². The van der Waals surface area contributed by atoms with Crippen LogP contribution in [-0.4, -0.2) is 24.1 Å². The van der Waals surface area contributed by atoms with E-state index in [1.54, 1.807) is 0 Å². The van der Waals surface area contributed by atoms with Crippen molar-refractivity contribution < 1.29 is 0 Å². The van der Waals surface area contributed by atoms with E-state index < -0.39 is 0 Å². The molecule has 0 radical (unpaired) electrons. The first kappa shape index (κ1) is 10.9. The van der Waals surface area contributed by atoms with Crippen molar-refractivity contribution in [1.82, 2.24) is 10.3 Å². The first-order valence-corrected chi connectivity index (χ1v) is 6.14. The van der Waals surface area contributed by atoms with Crippen molar-refractivity contribution in [3.63, 3.8) is 0 Å². The molecule has 1 aromatic rings. The molecule has 0 aliphatic carbocycles. The number of nitrogens with zero attached hydrogens (tertiary/aromatic N) is 1. The van der Waals surface area contributed by atoms with Crippen LogP contribution in [0.4, 0.5) is 5.82 Å². The maximum atomic E-state index is 4.39. The minimum atomic E-state index is 0.520. The third kappa shape index (κ3) is 2.92. The fourth-order valence-corrected chi connectivity index (χ4v) is 2.31. The smallest absolute Gasteiger partial charge is 0.129 e. The maximum Gasteiger partial charge on any atom is 0.129 e. The van der Waals surface area contributed by atoms with Crippen molar-refractivity contribution in [2.75, 3.05) is 18.4 Å². The summed E-state index contributed by atoms with van der Waals surface area (Å²) in [7, 11) is 0.